The number of carbonyl (C=O) groups is 1. The zero-order valence-corrected chi connectivity index (χ0v) is 20.9. The van der Waals surface area contributed by atoms with Crippen LogP contribution in [-0.4, -0.2) is 60.2 Å². The number of primary amides is 1. The van der Waals surface area contributed by atoms with E-state index in [4.69, 9.17) is 10.8 Å². The third-order valence-electron chi connectivity index (χ3n) is 6.35. The van der Waals surface area contributed by atoms with Crippen molar-refractivity contribution in [1.82, 2.24) is 19.5 Å². The van der Waals surface area contributed by atoms with Crippen LogP contribution in [-0.2, 0) is 27.8 Å². The van der Waals surface area contributed by atoms with Gasteiger partial charge in [0.25, 0.3) is 0 Å². The fraction of sp³-hybridized carbons (Fsp3) is 0.240. The molecule has 4 aromatic rings. The lowest BCUT2D eigenvalue weighted by atomic mass is 9.99. The standard InChI is InChI=1S/C25H27N7O3S/c1-30(36(2,34)35)22-6-4-3-5-21(22)23-10-9-20-14-27-25(29-32(20)23)28-19-8-7-18-15-31(16-24(26)33)12-11-17(18)13-19/h3-10,13-14H,11-12,15-16H2,1-2H3,(H2,26,33)(H,28,29). The molecule has 2 aromatic carbocycles. The molecule has 3 N–H and O–H groups in total. The van der Waals surface area contributed by atoms with Crippen LogP contribution in [0.3, 0.4) is 0 Å². The summed E-state index contributed by atoms with van der Waals surface area (Å²) in [7, 11) is -1.90. The Morgan fingerprint density at radius 2 is 1.94 bits per heavy atom. The molecule has 0 radical (unpaired) electrons. The highest BCUT2D eigenvalue weighted by Crippen LogP contribution is 2.32. The number of fused-ring (bicyclic) bond motifs is 2. The van der Waals surface area contributed by atoms with Gasteiger partial charge >= 0.3 is 0 Å². The molecule has 10 nitrogen and oxygen atoms in total. The zero-order chi connectivity index (χ0) is 25.4. The first-order chi connectivity index (χ1) is 17.2. The number of para-hydroxylation sites is 1. The van der Waals surface area contributed by atoms with Crippen molar-refractivity contribution in [2.24, 2.45) is 5.73 Å². The number of aromatic nitrogens is 3. The van der Waals surface area contributed by atoms with Crippen molar-refractivity contribution in [2.75, 3.05) is 36.0 Å². The Hall–Kier alpha value is -3.96. The van der Waals surface area contributed by atoms with Crippen LogP contribution in [0.2, 0.25) is 0 Å². The first-order valence-electron chi connectivity index (χ1n) is 11.5. The van der Waals surface area contributed by atoms with Crippen molar-refractivity contribution in [1.29, 1.82) is 0 Å². The van der Waals surface area contributed by atoms with E-state index in [0.717, 1.165) is 35.4 Å². The summed E-state index contributed by atoms with van der Waals surface area (Å²) in [6, 6.07) is 17.2. The van der Waals surface area contributed by atoms with Crippen molar-refractivity contribution < 1.29 is 13.2 Å². The van der Waals surface area contributed by atoms with Gasteiger partial charge in [0.05, 0.1) is 35.9 Å². The third-order valence-corrected chi connectivity index (χ3v) is 7.54. The predicted octanol–water partition coefficient (Wildman–Crippen LogP) is 2.38. The highest BCUT2D eigenvalue weighted by Gasteiger charge is 2.20. The minimum Gasteiger partial charge on any atom is -0.369 e. The smallest absolute Gasteiger partial charge is 0.245 e. The van der Waals surface area contributed by atoms with E-state index in [1.54, 1.807) is 16.8 Å². The van der Waals surface area contributed by atoms with E-state index in [2.05, 4.69) is 16.4 Å². The lowest BCUT2D eigenvalue weighted by Crippen LogP contribution is -2.37. The molecule has 0 spiro atoms. The molecule has 0 aliphatic carbocycles. The highest BCUT2D eigenvalue weighted by atomic mass is 32.2. The number of sulfonamides is 1. The summed E-state index contributed by atoms with van der Waals surface area (Å²) in [4.78, 5) is 17.7. The SMILES string of the molecule is CN(c1ccccc1-c1ccc2cnc(Nc3ccc4c(c3)CCN(CC(N)=O)C4)nn12)S(C)(=O)=O. The summed E-state index contributed by atoms with van der Waals surface area (Å²) < 4.78 is 27.4. The zero-order valence-electron chi connectivity index (χ0n) is 20.0. The topological polar surface area (TPSA) is 126 Å². The largest absolute Gasteiger partial charge is 0.369 e. The molecule has 0 saturated heterocycles. The monoisotopic (exact) mass is 505 g/mol. The number of hydrogen-bond donors (Lipinski definition) is 2. The lowest BCUT2D eigenvalue weighted by Gasteiger charge is -2.28. The molecule has 0 atom stereocenters. The van der Waals surface area contributed by atoms with Gasteiger partial charge in [-0.25, -0.2) is 17.9 Å². The molecule has 36 heavy (non-hydrogen) atoms. The van der Waals surface area contributed by atoms with E-state index in [9.17, 15) is 13.2 Å². The number of carbonyl (C=O) groups excluding carboxylic acids is 1. The molecule has 0 unspecified atom stereocenters. The Morgan fingerprint density at radius 1 is 1.14 bits per heavy atom. The van der Waals surface area contributed by atoms with Gasteiger partial charge in [0.1, 0.15) is 0 Å². The Kier molecular flexibility index (Phi) is 6.10. The number of anilines is 3. The number of nitrogens with one attached hydrogen (secondary N) is 1. The number of nitrogens with two attached hydrogens (primary N) is 1. The van der Waals surface area contributed by atoms with Crippen molar-refractivity contribution >= 4 is 38.8 Å². The summed E-state index contributed by atoms with van der Waals surface area (Å²) in [5, 5.41) is 7.98. The Balaban J connectivity index is 1.44. The maximum atomic E-state index is 12.2. The maximum absolute atomic E-state index is 12.2. The second kappa shape index (κ2) is 9.25. The first kappa shape index (κ1) is 23.8. The summed E-state index contributed by atoms with van der Waals surface area (Å²) in [5.74, 6) is 0.0965. The van der Waals surface area contributed by atoms with Gasteiger partial charge in [-0.2, -0.15) is 0 Å². The number of benzene rings is 2. The molecule has 0 fully saturated rings. The van der Waals surface area contributed by atoms with E-state index in [1.807, 2.05) is 47.4 Å². The quantitative estimate of drug-likeness (QED) is 0.395. The normalized spacial score (nSPS) is 13.9. The van der Waals surface area contributed by atoms with Gasteiger partial charge in [0.15, 0.2) is 0 Å². The second-order valence-electron chi connectivity index (χ2n) is 8.92. The summed E-state index contributed by atoms with van der Waals surface area (Å²) in [6.07, 6.45) is 3.73. The van der Waals surface area contributed by atoms with Gasteiger partial charge < -0.3 is 11.1 Å². The second-order valence-corrected chi connectivity index (χ2v) is 10.9. The molecule has 186 valence electrons. The lowest BCUT2D eigenvalue weighted by molar-refractivity contribution is -0.119. The summed E-state index contributed by atoms with van der Waals surface area (Å²) >= 11 is 0. The summed E-state index contributed by atoms with van der Waals surface area (Å²) in [6.45, 7) is 1.72. The average molecular weight is 506 g/mol. The van der Waals surface area contributed by atoms with Crippen LogP contribution in [0.15, 0.2) is 60.8 Å². The molecule has 1 aliphatic rings. The van der Waals surface area contributed by atoms with E-state index >= 15 is 0 Å². The van der Waals surface area contributed by atoms with Gasteiger partial charge in [-0.1, -0.05) is 24.3 Å². The highest BCUT2D eigenvalue weighted by molar-refractivity contribution is 7.92. The van der Waals surface area contributed by atoms with Crippen LogP contribution in [0.1, 0.15) is 11.1 Å². The average Bonchev–Trinajstić information content (AvgIpc) is 3.26. The van der Waals surface area contributed by atoms with E-state index < -0.39 is 10.0 Å². The van der Waals surface area contributed by atoms with Crippen molar-refractivity contribution in [2.45, 2.75) is 13.0 Å². The Bertz CT molecular complexity index is 1570. The van der Waals surface area contributed by atoms with Crippen LogP contribution in [0.5, 0.6) is 0 Å². The Labute approximate surface area is 209 Å². The molecule has 1 amide bonds. The number of hydrogen-bond acceptors (Lipinski definition) is 7. The molecular formula is C25H27N7O3S. The first-order valence-corrected chi connectivity index (χ1v) is 13.3. The summed E-state index contributed by atoms with van der Waals surface area (Å²) in [5.41, 5.74) is 11.4. The third kappa shape index (κ3) is 4.75. The van der Waals surface area contributed by atoms with E-state index in [0.29, 0.717) is 18.2 Å². The molecule has 0 saturated carbocycles. The minimum atomic E-state index is -3.44. The maximum Gasteiger partial charge on any atom is 0.245 e. The van der Waals surface area contributed by atoms with Gasteiger partial charge in [-0.05, 0) is 47.9 Å². The van der Waals surface area contributed by atoms with Crippen LogP contribution in [0.4, 0.5) is 17.3 Å². The molecule has 1 aliphatic heterocycles. The van der Waals surface area contributed by atoms with Gasteiger partial charge in [0, 0.05) is 31.4 Å². The fourth-order valence-corrected chi connectivity index (χ4v) is 5.00. The van der Waals surface area contributed by atoms with Crippen LogP contribution in [0, 0.1) is 0 Å². The van der Waals surface area contributed by atoms with Crippen LogP contribution >= 0.6 is 0 Å². The van der Waals surface area contributed by atoms with E-state index in [1.165, 1.54) is 28.7 Å². The van der Waals surface area contributed by atoms with E-state index in [-0.39, 0.29) is 12.5 Å². The number of nitrogens with zero attached hydrogens (tertiary/aromatic N) is 5. The molecule has 2 aromatic heterocycles. The molecular weight excluding hydrogens is 478 g/mol. The van der Waals surface area contributed by atoms with Gasteiger partial charge in [0.2, 0.25) is 21.9 Å². The van der Waals surface area contributed by atoms with Crippen LogP contribution in [0.25, 0.3) is 16.8 Å². The van der Waals surface area contributed by atoms with Crippen LogP contribution < -0.4 is 15.4 Å². The predicted molar refractivity (Wildman–Crippen MR) is 140 cm³/mol. The number of rotatable bonds is 7. The Morgan fingerprint density at radius 3 is 2.72 bits per heavy atom. The molecule has 3 heterocycles. The van der Waals surface area contributed by atoms with Crippen molar-refractivity contribution in [3.05, 3.63) is 71.9 Å². The van der Waals surface area contributed by atoms with Gasteiger partial charge in [-0.3, -0.25) is 14.0 Å². The van der Waals surface area contributed by atoms with Crippen molar-refractivity contribution in [3.63, 3.8) is 0 Å². The van der Waals surface area contributed by atoms with Gasteiger partial charge in [-0.15, -0.1) is 5.10 Å². The number of amides is 1. The minimum absolute atomic E-state index is 0.260. The molecule has 0 bridgehead atoms. The fourth-order valence-electron chi connectivity index (χ4n) is 4.48. The molecule has 5 rings (SSSR count). The molecule has 11 heteroatoms. The van der Waals surface area contributed by atoms with Crippen molar-refractivity contribution in [3.8, 4) is 11.3 Å².